The zero-order chi connectivity index (χ0) is 27.6. The van der Waals surface area contributed by atoms with Crippen molar-refractivity contribution in [3.8, 4) is 10.6 Å². The average Bonchev–Trinajstić information content (AvgIpc) is 3.57. The maximum absolute atomic E-state index is 14.0. The second-order valence-corrected chi connectivity index (χ2v) is 9.02. The van der Waals surface area contributed by atoms with Crippen LogP contribution in [0.1, 0.15) is 21.6 Å². The molecule has 0 atom stereocenters. The number of H-pyrrole nitrogens is 1. The summed E-state index contributed by atoms with van der Waals surface area (Å²) in [7, 11) is 0. The lowest BCUT2D eigenvalue weighted by Crippen LogP contribution is -2.23. The van der Waals surface area contributed by atoms with Gasteiger partial charge in [-0.05, 0) is 36.4 Å². The van der Waals surface area contributed by atoms with Crippen LogP contribution in [-0.2, 0) is 12.7 Å². The normalized spacial score (nSPS) is 11.4. The molecule has 0 fully saturated rings. The lowest BCUT2D eigenvalue weighted by Gasteiger charge is -2.11. The third-order valence-electron chi connectivity index (χ3n) is 5.34. The first-order valence-corrected chi connectivity index (χ1v) is 11.9. The lowest BCUT2D eigenvalue weighted by atomic mass is 10.1. The van der Waals surface area contributed by atoms with Gasteiger partial charge in [0.1, 0.15) is 5.82 Å². The minimum absolute atomic E-state index is 0.0579. The second-order valence-electron chi connectivity index (χ2n) is 7.99. The molecule has 1 aromatic carbocycles. The Bertz CT molecular complexity index is 1670. The minimum Gasteiger partial charge on any atom is -0.346 e. The highest BCUT2D eigenvalue weighted by Gasteiger charge is 2.31. The molecule has 0 bridgehead atoms. The molecule has 0 unspecified atom stereocenters. The van der Waals surface area contributed by atoms with Gasteiger partial charge in [0.15, 0.2) is 10.8 Å². The number of nitrogens with zero attached hydrogens (tertiary/aromatic N) is 4. The summed E-state index contributed by atoms with van der Waals surface area (Å²) in [6.07, 6.45) is -0.224. The van der Waals surface area contributed by atoms with Crippen LogP contribution in [0, 0.1) is 5.82 Å². The molecule has 5 aromatic rings. The molecule has 15 heteroatoms. The van der Waals surface area contributed by atoms with E-state index in [0.717, 1.165) is 11.3 Å². The molecular formula is C24H16F4N8O2S. The third kappa shape index (κ3) is 5.82. The molecule has 0 aliphatic heterocycles. The quantitative estimate of drug-likeness (QED) is 0.212. The number of nitrogens with one attached hydrogen (secondary N) is 4. The first-order chi connectivity index (χ1) is 18.7. The molecule has 3 amide bonds. The van der Waals surface area contributed by atoms with E-state index < -0.39 is 29.3 Å². The van der Waals surface area contributed by atoms with Gasteiger partial charge >= 0.3 is 12.2 Å². The van der Waals surface area contributed by atoms with Crippen molar-refractivity contribution in [1.29, 1.82) is 0 Å². The maximum Gasteiger partial charge on any atom is 0.416 e. The number of carbonyl (C=O) groups excluding carboxylic acids is 2. The van der Waals surface area contributed by atoms with Crippen LogP contribution in [0.2, 0.25) is 0 Å². The Hall–Kier alpha value is -4.92. The number of hydrogen-bond acceptors (Lipinski definition) is 7. The summed E-state index contributed by atoms with van der Waals surface area (Å²) in [6, 6.07) is 7.56. The molecular weight excluding hydrogens is 540 g/mol. The Morgan fingerprint density at radius 2 is 1.87 bits per heavy atom. The number of anilines is 2. The van der Waals surface area contributed by atoms with Crippen LogP contribution in [0.25, 0.3) is 21.6 Å². The highest BCUT2D eigenvalue weighted by atomic mass is 32.1. The summed E-state index contributed by atoms with van der Waals surface area (Å²) in [4.78, 5) is 38.4. The molecule has 4 N–H and O–H groups in total. The summed E-state index contributed by atoms with van der Waals surface area (Å²) in [5.41, 5.74) is -0.103. The SMILES string of the molecule is O=C(Nc1ncc(-c2cc(C(=O)NCc3ccccn3)c3cn[nH]c3n2)s1)Nc1cc(C(F)(F)F)ccc1F. The van der Waals surface area contributed by atoms with E-state index >= 15 is 0 Å². The number of pyridine rings is 2. The molecule has 0 saturated carbocycles. The fourth-order valence-electron chi connectivity index (χ4n) is 3.51. The number of benzene rings is 1. The first-order valence-electron chi connectivity index (χ1n) is 11.1. The number of thiazole rings is 1. The highest BCUT2D eigenvalue weighted by molar-refractivity contribution is 7.19. The molecule has 5 rings (SSSR count). The molecule has 4 heterocycles. The van der Waals surface area contributed by atoms with Crippen molar-refractivity contribution in [2.75, 3.05) is 10.6 Å². The van der Waals surface area contributed by atoms with Crippen LogP contribution in [0.4, 0.5) is 33.2 Å². The van der Waals surface area contributed by atoms with E-state index in [0.29, 0.717) is 51.1 Å². The van der Waals surface area contributed by atoms with Crippen LogP contribution in [0.15, 0.2) is 61.1 Å². The lowest BCUT2D eigenvalue weighted by molar-refractivity contribution is -0.137. The number of aromatic amines is 1. The van der Waals surface area contributed by atoms with E-state index in [9.17, 15) is 27.2 Å². The van der Waals surface area contributed by atoms with Crippen LogP contribution in [-0.4, -0.2) is 37.1 Å². The van der Waals surface area contributed by atoms with E-state index in [1.165, 1.54) is 12.4 Å². The van der Waals surface area contributed by atoms with Crippen molar-refractivity contribution in [2.24, 2.45) is 0 Å². The average molecular weight is 557 g/mol. The number of fused-ring (bicyclic) bond motifs is 1. The number of rotatable bonds is 6. The molecule has 4 aromatic heterocycles. The number of carbonyl (C=O) groups is 2. The molecule has 0 saturated heterocycles. The van der Waals surface area contributed by atoms with Gasteiger partial charge in [-0.15, -0.1) is 0 Å². The minimum atomic E-state index is -4.71. The fraction of sp³-hybridized carbons (Fsp3) is 0.0833. The molecule has 198 valence electrons. The van der Waals surface area contributed by atoms with Gasteiger partial charge in [0.05, 0.1) is 51.2 Å². The van der Waals surface area contributed by atoms with E-state index in [2.05, 4.69) is 35.8 Å². The molecule has 39 heavy (non-hydrogen) atoms. The van der Waals surface area contributed by atoms with Gasteiger partial charge in [0.2, 0.25) is 0 Å². The Morgan fingerprint density at radius 1 is 1.03 bits per heavy atom. The molecule has 0 aliphatic rings. The summed E-state index contributed by atoms with van der Waals surface area (Å²) in [5.74, 6) is -1.43. The number of urea groups is 1. The summed E-state index contributed by atoms with van der Waals surface area (Å²) >= 11 is 0.983. The Labute approximate surface area is 220 Å². The number of aromatic nitrogens is 5. The molecule has 0 aliphatic carbocycles. The standard InChI is InChI=1S/C24H16F4N8O2S/c25-16-5-4-12(24(26,27)28)7-17(16)34-22(38)35-23-31-11-19(39-23)18-8-14(15-10-32-36-20(15)33-18)21(37)30-9-13-3-1-2-6-29-13/h1-8,10-11H,9H2,(H,30,37)(H,32,33,36)(H2,31,34,35,38). The molecule has 0 spiro atoms. The van der Waals surface area contributed by atoms with Crippen LogP contribution < -0.4 is 16.0 Å². The van der Waals surface area contributed by atoms with Crippen LogP contribution in [0.3, 0.4) is 0 Å². The summed E-state index contributed by atoms with van der Waals surface area (Å²) in [5, 5.41) is 14.4. The van der Waals surface area contributed by atoms with E-state index in [1.54, 1.807) is 30.5 Å². The van der Waals surface area contributed by atoms with Crippen molar-refractivity contribution >= 4 is 45.1 Å². The van der Waals surface area contributed by atoms with Gasteiger partial charge < -0.3 is 10.6 Å². The number of amides is 3. The van der Waals surface area contributed by atoms with Gasteiger partial charge in [-0.25, -0.2) is 19.2 Å². The first kappa shape index (κ1) is 25.7. The number of alkyl halides is 3. The maximum atomic E-state index is 14.0. The van der Waals surface area contributed by atoms with Gasteiger partial charge in [0, 0.05) is 12.4 Å². The summed E-state index contributed by atoms with van der Waals surface area (Å²) in [6.45, 7) is 0.201. The Kier molecular flexibility index (Phi) is 6.89. The van der Waals surface area contributed by atoms with Gasteiger partial charge in [-0.3, -0.25) is 20.2 Å². The number of halogens is 4. The third-order valence-corrected chi connectivity index (χ3v) is 6.28. The monoisotopic (exact) mass is 556 g/mol. The zero-order valence-corrected chi connectivity index (χ0v) is 20.3. The van der Waals surface area contributed by atoms with E-state index in [-0.39, 0.29) is 17.6 Å². The van der Waals surface area contributed by atoms with Crippen molar-refractivity contribution in [2.45, 2.75) is 12.7 Å². The second kappa shape index (κ2) is 10.4. The molecule has 0 radical (unpaired) electrons. The smallest absolute Gasteiger partial charge is 0.346 e. The predicted molar refractivity (Wildman–Crippen MR) is 134 cm³/mol. The van der Waals surface area contributed by atoms with Crippen molar-refractivity contribution in [3.63, 3.8) is 0 Å². The predicted octanol–water partition coefficient (Wildman–Crippen LogP) is 5.21. The van der Waals surface area contributed by atoms with E-state index in [4.69, 9.17) is 0 Å². The topological polar surface area (TPSA) is 138 Å². The highest BCUT2D eigenvalue weighted by Crippen LogP contribution is 2.33. The molecule has 10 nitrogen and oxygen atoms in total. The largest absolute Gasteiger partial charge is 0.416 e. The van der Waals surface area contributed by atoms with Crippen molar-refractivity contribution in [3.05, 3.63) is 83.7 Å². The Morgan fingerprint density at radius 3 is 2.64 bits per heavy atom. The zero-order valence-electron chi connectivity index (χ0n) is 19.5. The fourth-order valence-corrected chi connectivity index (χ4v) is 4.28. The van der Waals surface area contributed by atoms with Gasteiger partial charge in [0.25, 0.3) is 5.91 Å². The van der Waals surface area contributed by atoms with Crippen molar-refractivity contribution in [1.82, 2.24) is 30.5 Å². The number of hydrogen-bond donors (Lipinski definition) is 4. The van der Waals surface area contributed by atoms with Crippen LogP contribution >= 0.6 is 11.3 Å². The Balaban J connectivity index is 1.32. The summed E-state index contributed by atoms with van der Waals surface area (Å²) < 4.78 is 52.7. The van der Waals surface area contributed by atoms with Gasteiger partial charge in [-0.2, -0.15) is 18.3 Å². The van der Waals surface area contributed by atoms with Gasteiger partial charge in [-0.1, -0.05) is 17.4 Å². The van der Waals surface area contributed by atoms with E-state index in [1.807, 2.05) is 5.32 Å². The van der Waals surface area contributed by atoms with Crippen molar-refractivity contribution < 1.29 is 27.2 Å². The van der Waals surface area contributed by atoms with Crippen LogP contribution in [0.5, 0.6) is 0 Å².